The Labute approximate surface area is 37.0 Å². The van der Waals surface area contributed by atoms with Crippen LogP contribution in [0.3, 0.4) is 0 Å². The molecule has 0 bridgehead atoms. The van der Waals surface area contributed by atoms with Crippen LogP contribution >= 0.6 is 20.3 Å². The zero-order chi connectivity index (χ0) is 4.71. The zero-order valence-electron chi connectivity index (χ0n) is 2.73. The van der Waals surface area contributed by atoms with Crippen molar-refractivity contribution in [3.63, 3.8) is 0 Å². The van der Waals surface area contributed by atoms with E-state index in [0.29, 0.717) is 0 Å². The number of halogens is 1. The normalized spacial score (nSPS) is 5.40. The third-order valence-corrected chi connectivity index (χ3v) is 0. The third kappa shape index (κ3) is 196. The lowest BCUT2D eigenvalue weighted by Gasteiger charge is -1.08. The van der Waals surface area contributed by atoms with Crippen molar-refractivity contribution < 1.29 is 9.46 Å². The van der Waals surface area contributed by atoms with Crippen molar-refractivity contribution in [3.05, 3.63) is 0 Å². The average molecular weight is 115 g/mol. The molecule has 5 heavy (non-hydrogen) atoms. The lowest BCUT2D eigenvalue weighted by Crippen LogP contribution is -1.03. The van der Waals surface area contributed by atoms with Crippen molar-refractivity contribution in [2.75, 3.05) is 6.38 Å². The van der Waals surface area contributed by atoms with Crippen LogP contribution in [0.15, 0.2) is 0 Å². The highest BCUT2D eigenvalue weighted by Gasteiger charge is 1.45. The molecular weight excluding hydrogens is 110 g/mol. The van der Waals surface area contributed by atoms with Gasteiger partial charge in [0.1, 0.15) is 0 Å². The number of hydrogen-bond acceptors (Lipinski definition) is 1. The highest BCUT2D eigenvalue weighted by molar-refractivity contribution is 7.16. The molecule has 0 heterocycles. The average Bonchev–Trinajstić information content (AvgIpc) is 1.46. The fourth-order valence-electron chi connectivity index (χ4n) is 0. The van der Waals surface area contributed by atoms with Crippen molar-refractivity contribution in [2.45, 2.75) is 0 Å². The molecule has 0 aromatic carbocycles. The van der Waals surface area contributed by atoms with E-state index in [1.54, 1.807) is 0 Å². The van der Waals surface area contributed by atoms with E-state index in [1.807, 2.05) is 0 Å². The van der Waals surface area contributed by atoms with Gasteiger partial charge in [0.25, 0.3) is 0 Å². The Morgan fingerprint density at radius 1 is 1.80 bits per heavy atom. The first-order valence-corrected chi connectivity index (χ1v) is 2.42. The molecule has 0 aliphatic rings. The Morgan fingerprint density at radius 2 is 1.80 bits per heavy atom. The van der Waals surface area contributed by atoms with Crippen LogP contribution in [0.5, 0.6) is 0 Å². The number of rotatable bonds is 0. The fraction of sp³-hybridized carbons (Fsp3) is 1.00. The molecule has 0 aromatic rings. The predicted molar refractivity (Wildman–Crippen MR) is 23.0 cm³/mol. The third-order valence-electron chi connectivity index (χ3n) is 0. The molecule has 0 saturated carbocycles. The van der Waals surface area contributed by atoms with E-state index in [4.69, 9.17) is 9.46 Å². The molecule has 0 saturated heterocycles. The molecule has 0 aliphatic heterocycles. The molecule has 0 aliphatic carbocycles. The van der Waals surface area contributed by atoms with Gasteiger partial charge in [0.05, 0.1) is 0 Å². The van der Waals surface area contributed by atoms with Gasteiger partial charge in [0.15, 0.2) is 0 Å². The smallest absolute Gasteiger partial charge is 0.162 e. The second-order valence-electron chi connectivity index (χ2n) is 0.0913. The lowest BCUT2D eigenvalue weighted by atomic mass is 12.0. The molecule has 2 nitrogen and oxygen atoms in total. The van der Waals surface area contributed by atoms with Gasteiger partial charge in [0.2, 0.25) is 0 Å². The summed E-state index contributed by atoms with van der Waals surface area (Å²) in [5.74, 6) is 0. The molecule has 1 atom stereocenters. The molecule has 32 valence electrons. The molecular formula is CH5ClO2P+. The van der Waals surface area contributed by atoms with E-state index in [1.165, 1.54) is 6.38 Å². The zero-order valence-corrected chi connectivity index (χ0v) is 4.49. The second kappa shape index (κ2) is 26.8. The van der Waals surface area contributed by atoms with E-state index in [0.717, 1.165) is 0 Å². The van der Waals surface area contributed by atoms with Gasteiger partial charge in [-0.1, -0.05) is 0 Å². The van der Waals surface area contributed by atoms with Gasteiger partial charge in [-0.25, -0.2) is 0 Å². The summed E-state index contributed by atoms with van der Waals surface area (Å²) in [7, 11) is -1.17. The van der Waals surface area contributed by atoms with Crippen LogP contribution < -0.4 is 0 Å². The standard InChI is InChI=1S/CH3Cl.HO2P/c1-2;1-3-2/h1H3;3H/p+1. The van der Waals surface area contributed by atoms with Crippen molar-refractivity contribution >= 4 is 20.3 Å². The summed E-state index contributed by atoms with van der Waals surface area (Å²) in [6, 6.07) is 0. The summed E-state index contributed by atoms with van der Waals surface area (Å²) in [6.45, 7) is 0. The van der Waals surface area contributed by atoms with Crippen molar-refractivity contribution in [1.29, 1.82) is 0 Å². The van der Waals surface area contributed by atoms with Gasteiger partial charge in [-0.15, -0.1) is 11.6 Å². The maximum atomic E-state index is 8.51. The van der Waals surface area contributed by atoms with Gasteiger partial charge >= 0.3 is 8.69 Å². The maximum Gasteiger partial charge on any atom is 0.491 e. The molecule has 0 spiro atoms. The molecule has 1 N–H and O–H groups in total. The van der Waals surface area contributed by atoms with Crippen molar-refractivity contribution in [3.8, 4) is 0 Å². The minimum atomic E-state index is -1.17. The van der Waals surface area contributed by atoms with E-state index in [-0.39, 0.29) is 0 Å². The van der Waals surface area contributed by atoms with Crippen molar-refractivity contribution in [2.24, 2.45) is 0 Å². The first kappa shape index (κ1) is 9.02. The quantitative estimate of drug-likeness (QED) is 0.374. The lowest BCUT2D eigenvalue weighted by molar-refractivity contribution is 0.524. The summed E-state index contributed by atoms with van der Waals surface area (Å²) >= 11 is 4.64. The van der Waals surface area contributed by atoms with Crippen LogP contribution in [0.25, 0.3) is 0 Å². The minimum absolute atomic E-state index is 1.17. The molecule has 0 amide bonds. The summed E-state index contributed by atoms with van der Waals surface area (Å²) in [5.41, 5.74) is 0. The predicted octanol–water partition coefficient (Wildman–Crippen LogP) is 0.773. The molecule has 0 rings (SSSR count). The fourth-order valence-corrected chi connectivity index (χ4v) is 0. The Bertz CT molecular complexity index is 17.1. The minimum Gasteiger partial charge on any atom is -0.162 e. The van der Waals surface area contributed by atoms with Gasteiger partial charge < -0.3 is 0 Å². The Kier molecular flexibility index (Phi) is 48.3. The van der Waals surface area contributed by atoms with Crippen LogP contribution in [0.1, 0.15) is 0 Å². The first-order valence-electron chi connectivity index (χ1n) is 0.806. The van der Waals surface area contributed by atoms with E-state index < -0.39 is 8.69 Å². The number of alkyl halides is 1. The van der Waals surface area contributed by atoms with Crippen LogP contribution in [0.4, 0.5) is 0 Å². The van der Waals surface area contributed by atoms with Gasteiger partial charge in [-0.05, 0) is 4.57 Å². The van der Waals surface area contributed by atoms with E-state index in [9.17, 15) is 0 Å². The monoisotopic (exact) mass is 115 g/mol. The largest absolute Gasteiger partial charge is 0.491 e. The summed E-state index contributed by atoms with van der Waals surface area (Å²) in [4.78, 5) is 7.04. The Balaban J connectivity index is 0. The highest BCUT2D eigenvalue weighted by atomic mass is 35.5. The SMILES string of the molecule is CCl.O=[PH+]O. The highest BCUT2D eigenvalue weighted by Crippen LogP contribution is 1.66. The van der Waals surface area contributed by atoms with E-state index >= 15 is 0 Å². The van der Waals surface area contributed by atoms with Crippen LogP contribution in [-0.2, 0) is 4.57 Å². The van der Waals surface area contributed by atoms with Gasteiger partial charge in [-0.3, -0.25) is 0 Å². The topological polar surface area (TPSA) is 37.3 Å². The maximum absolute atomic E-state index is 8.51. The molecule has 0 aromatic heterocycles. The molecule has 1 unspecified atom stereocenters. The second-order valence-corrected chi connectivity index (χ2v) is 0.274. The van der Waals surface area contributed by atoms with Gasteiger partial charge in [0, 0.05) is 6.38 Å². The first-order chi connectivity index (χ1) is 2.41. The van der Waals surface area contributed by atoms with Crippen LogP contribution in [0.2, 0.25) is 0 Å². The van der Waals surface area contributed by atoms with E-state index in [2.05, 4.69) is 11.6 Å². The molecule has 0 radical (unpaired) electrons. The van der Waals surface area contributed by atoms with Crippen molar-refractivity contribution in [1.82, 2.24) is 0 Å². The van der Waals surface area contributed by atoms with Crippen LogP contribution in [-0.4, -0.2) is 11.3 Å². The summed E-state index contributed by atoms with van der Waals surface area (Å²) in [5, 5.41) is 0. The Hall–Kier alpha value is 0.350. The van der Waals surface area contributed by atoms with Crippen LogP contribution in [0, 0.1) is 0 Å². The molecule has 0 fully saturated rings. The Morgan fingerprint density at radius 3 is 1.80 bits per heavy atom. The summed E-state index contributed by atoms with van der Waals surface area (Å²) in [6.07, 6.45) is 1.47. The number of hydrogen-bond donors (Lipinski definition) is 1. The van der Waals surface area contributed by atoms with Gasteiger partial charge in [-0.2, -0.15) is 4.89 Å². The summed E-state index contributed by atoms with van der Waals surface area (Å²) < 4.78 is 8.51. The molecule has 4 heteroatoms.